The Balaban J connectivity index is 1.99. The van der Waals surface area contributed by atoms with Crippen LogP contribution < -0.4 is 0 Å². The van der Waals surface area contributed by atoms with Crippen LogP contribution in [0.2, 0.25) is 5.15 Å². The fourth-order valence-electron chi connectivity index (χ4n) is 3.68. The van der Waals surface area contributed by atoms with Gasteiger partial charge in [-0.25, -0.2) is 4.98 Å². The minimum atomic E-state index is -0.766. The second-order valence-corrected chi connectivity index (χ2v) is 5.99. The lowest BCUT2D eigenvalue weighted by molar-refractivity contribution is -0.0358. The summed E-state index contributed by atoms with van der Waals surface area (Å²) in [6.45, 7) is 0. The van der Waals surface area contributed by atoms with Crippen LogP contribution in [0.3, 0.4) is 0 Å². The van der Waals surface area contributed by atoms with Crippen LogP contribution in [0, 0.1) is 0 Å². The van der Waals surface area contributed by atoms with Gasteiger partial charge in [-0.05, 0) is 45.2 Å². The van der Waals surface area contributed by atoms with Gasteiger partial charge in [-0.1, -0.05) is 17.7 Å². The van der Waals surface area contributed by atoms with E-state index in [9.17, 15) is 5.11 Å². The average molecular weight is 267 g/mol. The number of nitrogens with zero attached hydrogens (tertiary/aromatic N) is 2. The molecule has 2 bridgehead atoms. The first kappa shape index (κ1) is 12.4. The molecule has 1 aromatic heterocycles. The summed E-state index contributed by atoms with van der Waals surface area (Å²) in [4.78, 5) is 6.49. The molecule has 4 heteroatoms. The van der Waals surface area contributed by atoms with Crippen molar-refractivity contribution in [2.75, 3.05) is 7.05 Å². The molecule has 2 aliphatic heterocycles. The van der Waals surface area contributed by atoms with Crippen molar-refractivity contribution >= 4 is 11.6 Å². The summed E-state index contributed by atoms with van der Waals surface area (Å²) in [6, 6.07) is 4.55. The van der Waals surface area contributed by atoms with Gasteiger partial charge in [0.05, 0.1) is 0 Å². The van der Waals surface area contributed by atoms with Crippen molar-refractivity contribution in [3.8, 4) is 0 Å². The first-order valence-electron chi connectivity index (χ1n) is 6.67. The number of pyridine rings is 1. The highest BCUT2D eigenvalue weighted by molar-refractivity contribution is 6.29. The summed E-state index contributed by atoms with van der Waals surface area (Å²) >= 11 is 5.83. The molecular weight excluding hydrogens is 248 g/mol. The van der Waals surface area contributed by atoms with Crippen LogP contribution in [0.5, 0.6) is 0 Å². The van der Waals surface area contributed by atoms with Crippen molar-refractivity contribution in [1.82, 2.24) is 9.88 Å². The second-order valence-electron chi connectivity index (χ2n) is 5.60. The zero-order valence-electron chi connectivity index (χ0n) is 10.6. The monoisotopic (exact) mass is 266 g/mol. The van der Waals surface area contributed by atoms with Gasteiger partial charge in [-0.3, -0.25) is 4.90 Å². The quantitative estimate of drug-likeness (QED) is 0.794. The molecule has 0 amide bonds. The number of rotatable bonds is 1. The fourth-order valence-corrected chi connectivity index (χ4v) is 3.79. The predicted molar refractivity (Wildman–Crippen MR) is 71.6 cm³/mol. The largest absolute Gasteiger partial charge is 0.383 e. The van der Waals surface area contributed by atoms with Crippen LogP contribution in [0.4, 0.5) is 0 Å². The lowest BCUT2D eigenvalue weighted by Crippen LogP contribution is -2.46. The van der Waals surface area contributed by atoms with E-state index in [1.54, 1.807) is 12.3 Å². The van der Waals surface area contributed by atoms with Gasteiger partial charge < -0.3 is 5.11 Å². The molecule has 2 fully saturated rings. The number of hydrogen-bond acceptors (Lipinski definition) is 3. The van der Waals surface area contributed by atoms with Crippen molar-refractivity contribution in [3.63, 3.8) is 0 Å². The minimum absolute atomic E-state index is 0.216. The maximum atomic E-state index is 11.1. The van der Waals surface area contributed by atoms with Crippen molar-refractivity contribution in [2.24, 2.45) is 0 Å². The molecule has 1 aromatic rings. The van der Waals surface area contributed by atoms with E-state index >= 15 is 0 Å². The summed E-state index contributed by atoms with van der Waals surface area (Å²) in [6.07, 6.45) is 7.09. The molecule has 98 valence electrons. The zero-order chi connectivity index (χ0) is 12.8. The Hall–Kier alpha value is -0.640. The molecule has 0 saturated carbocycles. The van der Waals surface area contributed by atoms with E-state index in [4.69, 9.17) is 11.6 Å². The Morgan fingerprint density at radius 2 is 2.22 bits per heavy atom. The average Bonchev–Trinajstić information content (AvgIpc) is 2.65. The van der Waals surface area contributed by atoms with Crippen molar-refractivity contribution < 1.29 is 5.11 Å². The highest BCUT2D eigenvalue weighted by Crippen LogP contribution is 2.44. The SMILES string of the molecule is CN1[C@H]2CCC[C@](O)(c3ccc(Cl)nc3)[C@H]1CC2. The maximum absolute atomic E-state index is 11.1. The van der Waals surface area contributed by atoms with E-state index < -0.39 is 5.60 Å². The first-order valence-corrected chi connectivity index (χ1v) is 7.05. The van der Waals surface area contributed by atoms with Gasteiger partial charge in [-0.2, -0.15) is 0 Å². The van der Waals surface area contributed by atoms with Crippen LogP contribution in [0.1, 0.15) is 37.7 Å². The van der Waals surface area contributed by atoms with E-state index in [1.165, 1.54) is 12.8 Å². The van der Waals surface area contributed by atoms with Crippen molar-refractivity contribution in [2.45, 2.75) is 49.8 Å². The van der Waals surface area contributed by atoms with E-state index in [0.717, 1.165) is 24.8 Å². The van der Waals surface area contributed by atoms with Gasteiger partial charge in [-0.15, -0.1) is 0 Å². The summed E-state index contributed by atoms with van der Waals surface area (Å²) in [5.41, 5.74) is 0.142. The van der Waals surface area contributed by atoms with Gasteiger partial charge >= 0.3 is 0 Å². The lowest BCUT2D eigenvalue weighted by Gasteiger charge is -2.37. The van der Waals surface area contributed by atoms with Crippen molar-refractivity contribution in [1.29, 1.82) is 0 Å². The van der Waals surface area contributed by atoms with E-state index in [-0.39, 0.29) is 6.04 Å². The number of fused-ring (bicyclic) bond motifs is 2. The molecule has 18 heavy (non-hydrogen) atoms. The number of aliphatic hydroxyl groups is 1. The van der Waals surface area contributed by atoms with Crippen LogP contribution in [-0.4, -0.2) is 34.1 Å². The minimum Gasteiger partial charge on any atom is -0.383 e. The molecule has 3 rings (SSSR count). The molecule has 2 saturated heterocycles. The number of aromatic nitrogens is 1. The predicted octanol–water partition coefficient (Wildman–Crippen LogP) is 2.57. The molecular formula is C14H19ClN2O. The third-order valence-electron chi connectivity index (χ3n) is 4.71. The van der Waals surface area contributed by atoms with Gasteiger partial charge in [0, 0.05) is 23.8 Å². The van der Waals surface area contributed by atoms with Gasteiger partial charge in [0.2, 0.25) is 0 Å². The standard InChI is InChI=1S/C14H19ClN2O/c1-17-11-3-2-8-14(18,12(17)6-5-11)10-4-7-13(15)16-9-10/h4,7,9,11-12,18H,2-3,5-6,8H2,1H3/t11-,12+,14-/m0/s1. The molecule has 0 radical (unpaired) electrons. The molecule has 3 atom stereocenters. The van der Waals surface area contributed by atoms with Crippen LogP contribution in [0.15, 0.2) is 18.3 Å². The van der Waals surface area contributed by atoms with Crippen LogP contribution >= 0.6 is 11.6 Å². The first-order chi connectivity index (χ1) is 8.61. The highest BCUT2D eigenvalue weighted by Gasteiger charge is 2.47. The summed E-state index contributed by atoms with van der Waals surface area (Å²) in [7, 11) is 2.14. The fraction of sp³-hybridized carbons (Fsp3) is 0.643. The third-order valence-corrected chi connectivity index (χ3v) is 4.94. The van der Waals surface area contributed by atoms with Gasteiger partial charge in [0.25, 0.3) is 0 Å². The van der Waals surface area contributed by atoms with Gasteiger partial charge in [0.1, 0.15) is 10.8 Å². The third kappa shape index (κ3) is 1.85. The van der Waals surface area contributed by atoms with E-state index in [2.05, 4.69) is 16.9 Å². The van der Waals surface area contributed by atoms with Crippen LogP contribution in [0.25, 0.3) is 0 Å². The Bertz CT molecular complexity index is 436. The molecule has 3 heterocycles. The normalized spacial score (nSPS) is 36.6. The second kappa shape index (κ2) is 4.48. The molecule has 0 unspecified atom stereocenters. The number of hydrogen-bond donors (Lipinski definition) is 1. The maximum Gasteiger partial charge on any atom is 0.129 e. The molecule has 0 aliphatic carbocycles. The summed E-state index contributed by atoms with van der Waals surface area (Å²) < 4.78 is 0. The van der Waals surface area contributed by atoms with Crippen LogP contribution in [-0.2, 0) is 5.60 Å². The summed E-state index contributed by atoms with van der Waals surface area (Å²) in [5, 5.41) is 11.6. The zero-order valence-corrected chi connectivity index (χ0v) is 11.4. The number of likely N-dealkylation sites (N-methyl/N-ethyl adjacent to an activating group) is 1. The lowest BCUT2D eigenvalue weighted by atomic mass is 9.81. The highest BCUT2D eigenvalue weighted by atomic mass is 35.5. The molecule has 2 aliphatic rings. The Morgan fingerprint density at radius 3 is 2.94 bits per heavy atom. The topological polar surface area (TPSA) is 36.4 Å². The number of halogens is 1. The Morgan fingerprint density at radius 1 is 1.39 bits per heavy atom. The Kier molecular flexibility index (Phi) is 3.08. The molecule has 3 nitrogen and oxygen atoms in total. The smallest absolute Gasteiger partial charge is 0.129 e. The molecule has 1 N–H and O–H groups in total. The van der Waals surface area contributed by atoms with Gasteiger partial charge in [0.15, 0.2) is 0 Å². The molecule has 0 aromatic carbocycles. The molecule has 0 spiro atoms. The Labute approximate surface area is 113 Å². The summed E-state index contributed by atoms with van der Waals surface area (Å²) in [5.74, 6) is 0. The van der Waals surface area contributed by atoms with E-state index in [0.29, 0.717) is 11.2 Å². The van der Waals surface area contributed by atoms with Crippen molar-refractivity contribution in [3.05, 3.63) is 29.0 Å². The van der Waals surface area contributed by atoms with E-state index in [1.807, 2.05) is 6.07 Å².